The summed E-state index contributed by atoms with van der Waals surface area (Å²) in [6.07, 6.45) is 5.43. The van der Waals surface area contributed by atoms with E-state index >= 15 is 0 Å². The molecule has 7 heteroatoms. The first-order chi connectivity index (χ1) is 11.0. The molecule has 23 heavy (non-hydrogen) atoms. The fraction of sp³-hybridized carbons (Fsp3) is 0.500. The standard InChI is InChI=1S/C16H25N3O2S2/c1-3-5-12-19(13-6-4-2)16(22)17-14-18-23(20,21)15-10-8-7-9-11-15/h7-11,14H,3-6,12-13H2,1-2H3,(H,17,18,22). The Hall–Kier alpha value is -1.47. The van der Waals surface area contributed by atoms with Crippen LogP contribution in [-0.4, -0.2) is 37.9 Å². The molecule has 0 aliphatic rings. The quantitative estimate of drug-likeness (QED) is 0.419. The first kappa shape index (κ1) is 19.6. The van der Waals surface area contributed by atoms with Crippen molar-refractivity contribution in [1.29, 1.82) is 0 Å². The topological polar surface area (TPSA) is 61.8 Å². The Bertz CT molecular complexity index is 593. The molecule has 1 aromatic rings. The van der Waals surface area contributed by atoms with Crippen molar-refractivity contribution >= 4 is 33.7 Å². The minimum atomic E-state index is -3.69. The molecule has 0 fully saturated rings. The molecule has 0 atom stereocenters. The Balaban J connectivity index is 2.64. The van der Waals surface area contributed by atoms with E-state index in [1.54, 1.807) is 18.2 Å². The molecular formula is C16H25N3O2S2. The Labute approximate surface area is 144 Å². The zero-order chi connectivity index (χ0) is 17.1. The molecule has 0 spiro atoms. The average Bonchev–Trinajstić information content (AvgIpc) is 2.55. The van der Waals surface area contributed by atoms with E-state index in [-0.39, 0.29) is 4.90 Å². The van der Waals surface area contributed by atoms with Crippen LogP contribution in [0.15, 0.2) is 39.6 Å². The lowest BCUT2D eigenvalue weighted by atomic mass is 10.3. The van der Waals surface area contributed by atoms with E-state index in [2.05, 4.69) is 28.5 Å². The zero-order valence-electron chi connectivity index (χ0n) is 13.7. The Morgan fingerprint density at radius 2 is 1.74 bits per heavy atom. The second-order valence-electron chi connectivity index (χ2n) is 5.17. The number of unbranched alkanes of at least 4 members (excludes halogenated alkanes) is 2. The van der Waals surface area contributed by atoms with Crippen molar-refractivity contribution in [1.82, 2.24) is 10.2 Å². The van der Waals surface area contributed by atoms with Gasteiger partial charge in [-0.3, -0.25) is 0 Å². The van der Waals surface area contributed by atoms with Crippen molar-refractivity contribution < 1.29 is 8.42 Å². The van der Waals surface area contributed by atoms with Crippen LogP contribution in [0.1, 0.15) is 39.5 Å². The summed E-state index contributed by atoms with van der Waals surface area (Å²) in [5.74, 6) is 0. The van der Waals surface area contributed by atoms with Crippen molar-refractivity contribution in [2.24, 2.45) is 4.40 Å². The van der Waals surface area contributed by atoms with Gasteiger partial charge in [0.2, 0.25) is 0 Å². The fourth-order valence-electron chi connectivity index (χ4n) is 1.91. The van der Waals surface area contributed by atoms with Crippen molar-refractivity contribution in [3.8, 4) is 0 Å². The summed E-state index contributed by atoms with van der Waals surface area (Å²) in [5, 5.41) is 3.33. The van der Waals surface area contributed by atoms with Crippen molar-refractivity contribution in [2.75, 3.05) is 13.1 Å². The second kappa shape index (κ2) is 10.3. The minimum absolute atomic E-state index is 0.165. The van der Waals surface area contributed by atoms with Crippen molar-refractivity contribution in [3.63, 3.8) is 0 Å². The van der Waals surface area contributed by atoms with Crippen molar-refractivity contribution in [3.05, 3.63) is 30.3 Å². The van der Waals surface area contributed by atoms with Gasteiger partial charge in [-0.15, -0.1) is 4.40 Å². The van der Waals surface area contributed by atoms with Gasteiger partial charge in [0.1, 0.15) is 6.34 Å². The van der Waals surface area contributed by atoms with Gasteiger partial charge in [-0.2, -0.15) is 8.42 Å². The molecule has 5 nitrogen and oxygen atoms in total. The number of benzene rings is 1. The molecule has 1 N–H and O–H groups in total. The first-order valence-corrected chi connectivity index (χ1v) is 9.75. The predicted molar refractivity (Wildman–Crippen MR) is 99.2 cm³/mol. The number of thiocarbonyl (C=S) groups is 1. The third-order valence-electron chi connectivity index (χ3n) is 3.27. The highest BCUT2D eigenvalue weighted by atomic mass is 32.2. The van der Waals surface area contributed by atoms with E-state index < -0.39 is 10.0 Å². The number of rotatable bonds is 9. The third-order valence-corrected chi connectivity index (χ3v) is 4.90. The van der Waals surface area contributed by atoms with Gasteiger partial charge in [0, 0.05) is 13.1 Å². The molecule has 0 amide bonds. The van der Waals surface area contributed by atoms with E-state index in [0.29, 0.717) is 5.11 Å². The highest BCUT2D eigenvalue weighted by molar-refractivity contribution is 7.90. The van der Waals surface area contributed by atoms with Crippen LogP contribution in [0.2, 0.25) is 0 Å². The summed E-state index contributed by atoms with van der Waals surface area (Å²) in [7, 11) is -3.69. The van der Waals surface area contributed by atoms with Crippen molar-refractivity contribution in [2.45, 2.75) is 44.4 Å². The molecule has 0 radical (unpaired) electrons. The molecule has 0 heterocycles. The summed E-state index contributed by atoms with van der Waals surface area (Å²) < 4.78 is 27.7. The van der Waals surface area contributed by atoms with Crippen LogP contribution in [0.5, 0.6) is 0 Å². The highest BCUT2D eigenvalue weighted by Gasteiger charge is 2.11. The SMILES string of the molecule is CCCCN(CCCC)C(=S)N/C=N\S(=O)(=O)c1ccccc1. The van der Waals surface area contributed by atoms with Gasteiger partial charge in [0.15, 0.2) is 5.11 Å². The normalized spacial score (nSPS) is 11.6. The Kier molecular flexibility index (Phi) is 8.79. The van der Waals surface area contributed by atoms with Gasteiger partial charge >= 0.3 is 0 Å². The smallest absolute Gasteiger partial charge is 0.283 e. The highest BCUT2D eigenvalue weighted by Crippen LogP contribution is 2.10. The van der Waals surface area contributed by atoms with Gasteiger partial charge in [-0.05, 0) is 37.2 Å². The van der Waals surface area contributed by atoms with Crippen LogP contribution < -0.4 is 5.32 Å². The molecule has 0 aromatic heterocycles. The van der Waals surface area contributed by atoms with Crippen LogP contribution in [0.3, 0.4) is 0 Å². The maximum atomic E-state index is 12.0. The Morgan fingerprint density at radius 3 is 2.26 bits per heavy atom. The largest absolute Gasteiger partial charge is 0.349 e. The number of nitrogens with one attached hydrogen (secondary N) is 1. The number of hydrogen-bond donors (Lipinski definition) is 1. The van der Waals surface area contributed by atoms with E-state index in [1.165, 1.54) is 12.1 Å². The molecule has 1 rings (SSSR count). The molecule has 0 saturated carbocycles. The molecule has 0 aliphatic carbocycles. The van der Waals surface area contributed by atoms with Crippen LogP contribution in [0, 0.1) is 0 Å². The molecule has 0 bridgehead atoms. The van der Waals surface area contributed by atoms with Gasteiger partial charge in [-0.1, -0.05) is 44.9 Å². The van der Waals surface area contributed by atoms with Crippen LogP contribution in [0.4, 0.5) is 0 Å². The maximum absolute atomic E-state index is 12.0. The third kappa shape index (κ3) is 7.09. The van der Waals surface area contributed by atoms with E-state index in [9.17, 15) is 8.42 Å². The van der Waals surface area contributed by atoms with E-state index in [1.807, 2.05) is 0 Å². The maximum Gasteiger partial charge on any atom is 0.283 e. The van der Waals surface area contributed by atoms with Gasteiger partial charge < -0.3 is 10.2 Å². The summed E-state index contributed by atoms with van der Waals surface area (Å²) in [4.78, 5) is 2.22. The number of sulfonamides is 1. The number of hydrogen-bond acceptors (Lipinski definition) is 3. The minimum Gasteiger partial charge on any atom is -0.349 e. The monoisotopic (exact) mass is 355 g/mol. The van der Waals surface area contributed by atoms with E-state index in [0.717, 1.165) is 45.1 Å². The number of nitrogens with zero attached hydrogens (tertiary/aromatic N) is 2. The summed E-state index contributed by atoms with van der Waals surface area (Å²) in [6, 6.07) is 8.12. The molecule has 1 aromatic carbocycles. The first-order valence-electron chi connectivity index (χ1n) is 7.90. The molecule has 0 saturated heterocycles. The summed E-state index contributed by atoms with van der Waals surface area (Å²) in [6.45, 7) is 5.98. The molecular weight excluding hydrogens is 330 g/mol. The van der Waals surface area contributed by atoms with Gasteiger partial charge in [0.05, 0.1) is 4.90 Å². The van der Waals surface area contributed by atoms with E-state index in [4.69, 9.17) is 12.2 Å². The zero-order valence-corrected chi connectivity index (χ0v) is 15.4. The average molecular weight is 356 g/mol. The van der Waals surface area contributed by atoms with Crippen LogP contribution in [0.25, 0.3) is 0 Å². The Morgan fingerprint density at radius 1 is 1.17 bits per heavy atom. The predicted octanol–water partition coefficient (Wildman–Crippen LogP) is 3.18. The molecule has 0 unspecified atom stereocenters. The summed E-state index contributed by atoms with van der Waals surface area (Å²) in [5.41, 5.74) is 0. The fourth-order valence-corrected chi connectivity index (χ4v) is 2.96. The molecule has 0 aliphatic heterocycles. The lowest BCUT2D eigenvalue weighted by molar-refractivity contribution is 0.398. The van der Waals surface area contributed by atoms with Crippen LogP contribution >= 0.6 is 12.2 Å². The van der Waals surface area contributed by atoms with Crippen LogP contribution in [-0.2, 0) is 10.0 Å². The van der Waals surface area contributed by atoms with Gasteiger partial charge in [-0.25, -0.2) is 0 Å². The second-order valence-corrected chi connectivity index (χ2v) is 7.19. The summed E-state index contributed by atoms with van der Waals surface area (Å²) >= 11 is 5.34. The lowest BCUT2D eigenvalue weighted by Gasteiger charge is -2.24. The lowest BCUT2D eigenvalue weighted by Crippen LogP contribution is -2.40. The van der Waals surface area contributed by atoms with Gasteiger partial charge in [0.25, 0.3) is 10.0 Å². The molecule has 128 valence electrons.